The molecule has 2 aromatic rings. The zero-order valence-electron chi connectivity index (χ0n) is 17.9. The molecule has 0 unspecified atom stereocenters. The van der Waals surface area contributed by atoms with Gasteiger partial charge >= 0.3 is 0 Å². The summed E-state index contributed by atoms with van der Waals surface area (Å²) in [5, 5.41) is 2.90. The van der Waals surface area contributed by atoms with Crippen LogP contribution in [-0.2, 0) is 16.0 Å². The minimum Gasteiger partial charge on any atom is -0.492 e. The Balaban J connectivity index is 1.32. The lowest BCUT2D eigenvalue weighted by molar-refractivity contribution is -0.132. The van der Waals surface area contributed by atoms with Crippen LogP contribution < -0.4 is 10.1 Å². The first-order valence-corrected chi connectivity index (χ1v) is 10.5. The molecule has 0 aliphatic carbocycles. The summed E-state index contributed by atoms with van der Waals surface area (Å²) >= 11 is 0. The molecule has 2 aromatic carbocycles. The second-order valence-corrected chi connectivity index (χ2v) is 7.78. The Bertz CT molecular complexity index is 860. The standard InChI is InChI=1S/C24H31N3O3/c1-19-6-5-9-22(16-19)30-15-10-25-23(28)18-26-11-13-27(14-12-26)24(29)17-21-8-4-3-7-20(21)2/h3-9,16H,10-15,17-18H2,1-2H3,(H,25,28). The molecule has 2 amide bonds. The highest BCUT2D eigenvalue weighted by Gasteiger charge is 2.22. The Morgan fingerprint density at radius 1 is 1.00 bits per heavy atom. The fourth-order valence-corrected chi connectivity index (χ4v) is 3.56. The van der Waals surface area contributed by atoms with E-state index in [1.807, 2.05) is 67.3 Å². The van der Waals surface area contributed by atoms with E-state index in [9.17, 15) is 9.59 Å². The van der Waals surface area contributed by atoms with Gasteiger partial charge < -0.3 is 15.0 Å². The Morgan fingerprint density at radius 2 is 1.77 bits per heavy atom. The number of amides is 2. The molecule has 1 heterocycles. The Labute approximate surface area is 178 Å². The fourth-order valence-electron chi connectivity index (χ4n) is 3.56. The van der Waals surface area contributed by atoms with E-state index >= 15 is 0 Å². The van der Waals surface area contributed by atoms with Crippen LogP contribution in [0.3, 0.4) is 0 Å². The van der Waals surface area contributed by atoms with E-state index in [4.69, 9.17) is 4.74 Å². The number of hydrogen-bond donors (Lipinski definition) is 1. The van der Waals surface area contributed by atoms with Gasteiger partial charge in [0.05, 0.1) is 19.5 Å². The van der Waals surface area contributed by atoms with Crippen LogP contribution in [-0.4, -0.2) is 67.5 Å². The predicted octanol–water partition coefficient (Wildman–Crippen LogP) is 2.19. The quantitative estimate of drug-likeness (QED) is 0.679. The average molecular weight is 410 g/mol. The lowest BCUT2D eigenvalue weighted by atomic mass is 10.1. The smallest absolute Gasteiger partial charge is 0.234 e. The molecule has 0 spiro atoms. The Kier molecular flexibility index (Phi) is 7.85. The fraction of sp³-hybridized carbons (Fsp3) is 0.417. The molecule has 1 fully saturated rings. The minimum absolute atomic E-state index is 0.0115. The van der Waals surface area contributed by atoms with Crippen molar-refractivity contribution in [2.75, 3.05) is 45.9 Å². The van der Waals surface area contributed by atoms with E-state index in [-0.39, 0.29) is 11.8 Å². The highest BCUT2D eigenvalue weighted by Crippen LogP contribution is 2.12. The van der Waals surface area contributed by atoms with E-state index in [1.165, 1.54) is 0 Å². The molecule has 0 aromatic heterocycles. The zero-order chi connectivity index (χ0) is 21.3. The lowest BCUT2D eigenvalue weighted by Crippen LogP contribution is -2.51. The third-order valence-electron chi connectivity index (χ3n) is 5.38. The van der Waals surface area contributed by atoms with Crippen LogP contribution in [0, 0.1) is 13.8 Å². The maximum atomic E-state index is 12.6. The molecular formula is C24H31N3O3. The third kappa shape index (κ3) is 6.59. The number of nitrogens with one attached hydrogen (secondary N) is 1. The van der Waals surface area contributed by atoms with Gasteiger partial charge in [0.25, 0.3) is 0 Å². The number of aryl methyl sites for hydroxylation is 2. The second-order valence-electron chi connectivity index (χ2n) is 7.78. The molecule has 1 saturated heterocycles. The molecule has 0 radical (unpaired) electrons. The van der Waals surface area contributed by atoms with Gasteiger partial charge in [-0.1, -0.05) is 36.4 Å². The molecule has 1 aliphatic heterocycles. The summed E-state index contributed by atoms with van der Waals surface area (Å²) in [6.07, 6.45) is 0.439. The van der Waals surface area contributed by atoms with Crippen LogP contribution in [0.2, 0.25) is 0 Å². The number of carbonyl (C=O) groups is 2. The van der Waals surface area contributed by atoms with Crippen molar-refractivity contribution in [1.29, 1.82) is 0 Å². The highest BCUT2D eigenvalue weighted by atomic mass is 16.5. The van der Waals surface area contributed by atoms with Gasteiger partial charge in [0.1, 0.15) is 12.4 Å². The topological polar surface area (TPSA) is 61.9 Å². The van der Waals surface area contributed by atoms with E-state index in [1.54, 1.807) is 0 Å². The van der Waals surface area contributed by atoms with Crippen molar-refractivity contribution in [3.63, 3.8) is 0 Å². The maximum absolute atomic E-state index is 12.6. The van der Waals surface area contributed by atoms with Gasteiger partial charge in [0.2, 0.25) is 11.8 Å². The third-order valence-corrected chi connectivity index (χ3v) is 5.38. The van der Waals surface area contributed by atoms with Gasteiger partial charge in [-0.2, -0.15) is 0 Å². The number of carbonyl (C=O) groups excluding carboxylic acids is 2. The molecular weight excluding hydrogens is 378 g/mol. The van der Waals surface area contributed by atoms with Crippen molar-refractivity contribution in [2.24, 2.45) is 0 Å². The summed E-state index contributed by atoms with van der Waals surface area (Å²) in [7, 11) is 0. The number of hydrogen-bond acceptors (Lipinski definition) is 4. The summed E-state index contributed by atoms with van der Waals surface area (Å²) in [6.45, 7) is 8.07. The first kappa shape index (κ1) is 21.8. The van der Waals surface area contributed by atoms with Crippen LogP contribution in [0.25, 0.3) is 0 Å². The van der Waals surface area contributed by atoms with Gasteiger partial charge in [0.15, 0.2) is 0 Å². The van der Waals surface area contributed by atoms with Gasteiger partial charge in [-0.15, -0.1) is 0 Å². The molecule has 6 heteroatoms. The van der Waals surface area contributed by atoms with Crippen LogP contribution in [0.5, 0.6) is 5.75 Å². The van der Waals surface area contributed by atoms with E-state index < -0.39 is 0 Å². The first-order valence-electron chi connectivity index (χ1n) is 10.5. The zero-order valence-corrected chi connectivity index (χ0v) is 17.9. The normalized spacial score (nSPS) is 14.4. The lowest BCUT2D eigenvalue weighted by Gasteiger charge is -2.34. The van der Waals surface area contributed by atoms with E-state index in [0.717, 1.165) is 22.4 Å². The molecule has 3 rings (SSSR count). The highest BCUT2D eigenvalue weighted by molar-refractivity contribution is 5.79. The average Bonchev–Trinajstić information content (AvgIpc) is 2.73. The van der Waals surface area contributed by atoms with Crippen molar-refractivity contribution in [2.45, 2.75) is 20.3 Å². The number of ether oxygens (including phenoxy) is 1. The largest absolute Gasteiger partial charge is 0.492 e. The summed E-state index contributed by atoms with van der Waals surface area (Å²) in [5.74, 6) is 0.958. The molecule has 1 N–H and O–H groups in total. The molecule has 0 saturated carbocycles. The predicted molar refractivity (Wildman–Crippen MR) is 118 cm³/mol. The summed E-state index contributed by atoms with van der Waals surface area (Å²) in [6, 6.07) is 15.9. The van der Waals surface area contributed by atoms with Crippen LogP contribution in [0.1, 0.15) is 16.7 Å². The molecule has 0 bridgehead atoms. The van der Waals surface area contributed by atoms with Gasteiger partial charge in [-0.3, -0.25) is 14.5 Å². The van der Waals surface area contributed by atoms with E-state index in [0.29, 0.717) is 52.3 Å². The first-order chi connectivity index (χ1) is 14.5. The van der Waals surface area contributed by atoms with Gasteiger partial charge in [-0.25, -0.2) is 0 Å². The molecule has 0 atom stereocenters. The molecule has 1 aliphatic rings. The maximum Gasteiger partial charge on any atom is 0.234 e. The summed E-state index contributed by atoms with van der Waals surface area (Å²) < 4.78 is 5.65. The van der Waals surface area contributed by atoms with Crippen LogP contribution >= 0.6 is 0 Å². The van der Waals surface area contributed by atoms with E-state index in [2.05, 4.69) is 10.2 Å². The number of rotatable bonds is 8. The van der Waals surface area contributed by atoms with Crippen molar-refractivity contribution in [3.8, 4) is 5.75 Å². The van der Waals surface area contributed by atoms with Crippen molar-refractivity contribution in [1.82, 2.24) is 15.1 Å². The van der Waals surface area contributed by atoms with Crippen LogP contribution in [0.15, 0.2) is 48.5 Å². The molecule has 30 heavy (non-hydrogen) atoms. The SMILES string of the molecule is Cc1cccc(OCCNC(=O)CN2CCN(C(=O)Cc3ccccc3C)CC2)c1. The van der Waals surface area contributed by atoms with Crippen molar-refractivity contribution < 1.29 is 14.3 Å². The number of piperazine rings is 1. The van der Waals surface area contributed by atoms with Gasteiger partial charge in [0, 0.05) is 26.2 Å². The van der Waals surface area contributed by atoms with Crippen molar-refractivity contribution in [3.05, 3.63) is 65.2 Å². The number of benzene rings is 2. The summed E-state index contributed by atoms with van der Waals surface area (Å²) in [4.78, 5) is 28.7. The Morgan fingerprint density at radius 3 is 2.50 bits per heavy atom. The summed E-state index contributed by atoms with van der Waals surface area (Å²) in [5.41, 5.74) is 3.37. The molecule has 160 valence electrons. The number of nitrogens with zero attached hydrogens (tertiary/aromatic N) is 2. The van der Waals surface area contributed by atoms with Gasteiger partial charge in [-0.05, 0) is 42.7 Å². The van der Waals surface area contributed by atoms with Crippen molar-refractivity contribution >= 4 is 11.8 Å². The second kappa shape index (κ2) is 10.8. The van der Waals surface area contributed by atoms with Crippen LogP contribution in [0.4, 0.5) is 0 Å². The minimum atomic E-state index is -0.0115. The monoisotopic (exact) mass is 409 g/mol. The molecule has 6 nitrogen and oxygen atoms in total. The Hall–Kier alpha value is -2.86.